The third kappa shape index (κ3) is 2.77. The summed E-state index contributed by atoms with van der Waals surface area (Å²) in [4.78, 5) is 17.1. The zero-order valence-electron chi connectivity index (χ0n) is 15.4. The van der Waals surface area contributed by atoms with Crippen molar-refractivity contribution in [3.63, 3.8) is 0 Å². The SMILES string of the molecule is c1cc2ccc(-c3cnc4nc(-c5ccc6c(c5)OCCO6)cnc4c3)cc2[nH]1. The lowest BCUT2D eigenvalue weighted by molar-refractivity contribution is 0.171. The number of hydrogen-bond acceptors (Lipinski definition) is 5. The molecule has 0 unspecified atom stereocenters. The number of aromatic amines is 1. The molecule has 0 atom stereocenters. The van der Waals surface area contributed by atoms with Gasteiger partial charge in [-0.1, -0.05) is 12.1 Å². The van der Waals surface area contributed by atoms with Gasteiger partial charge in [-0.15, -0.1) is 0 Å². The van der Waals surface area contributed by atoms with E-state index in [9.17, 15) is 0 Å². The van der Waals surface area contributed by atoms with E-state index in [1.165, 1.54) is 5.39 Å². The molecule has 29 heavy (non-hydrogen) atoms. The van der Waals surface area contributed by atoms with E-state index >= 15 is 0 Å². The lowest BCUT2D eigenvalue weighted by Crippen LogP contribution is -2.15. The monoisotopic (exact) mass is 380 g/mol. The standard InChI is InChI=1S/C23H16N4O2/c1-2-15(9-18-14(1)5-6-24-18)17-10-19-23(26-12-17)27-20(13-25-19)16-3-4-21-22(11-16)29-8-7-28-21/h1-6,9-13,24H,7-8H2. The van der Waals surface area contributed by atoms with Crippen LogP contribution in [0.1, 0.15) is 0 Å². The Bertz CT molecular complexity index is 1380. The van der Waals surface area contributed by atoms with Crippen molar-refractivity contribution in [3.05, 3.63) is 67.1 Å². The van der Waals surface area contributed by atoms with Crippen molar-refractivity contribution in [2.45, 2.75) is 0 Å². The van der Waals surface area contributed by atoms with Gasteiger partial charge in [0, 0.05) is 29.0 Å². The van der Waals surface area contributed by atoms with Crippen molar-refractivity contribution < 1.29 is 9.47 Å². The first-order valence-electron chi connectivity index (χ1n) is 9.44. The molecule has 4 heterocycles. The fourth-order valence-electron chi connectivity index (χ4n) is 3.63. The Morgan fingerprint density at radius 1 is 0.759 bits per heavy atom. The zero-order chi connectivity index (χ0) is 19.2. The van der Waals surface area contributed by atoms with E-state index in [2.05, 4.69) is 39.2 Å². The minimum Gasteiger partial charge on any atom is -0.486 e. The van der Waals surface area contributed by atoms with Gasteiger partial charge in [-0.2, -0.15) is 0 Å². The Kier molecular flexibility index (Phi) is 3.49. The second kappa shape index (κ2) is 6.31. The normalized spacial score (nSPS) is 13.1. The van der Waals surface area contributed by atoms with Crippen molar-refractivity contribution >= 4 is 22.1 Å². The van der Waals surface area contributed by atoms with Crippen LogP contribution in [0, 0.1) is 0 Å². The molecule has 0 spiro atoms. The van der Waals surface area contributed by atoms with Gasteiger partial charge in [0.25, 0.3) is 0 Å². The molecule has 3 aromatic heterocycles. The minimum atomic E-state index is 0.554. The lowest BCUT2D eigenvalue weighted by Gasteiger charge is -2.18. The van der Waals surface area contributed by atoms with Gasteiger partial charge < -0.3 is 14.5 Å². The molecule has 0 amide bonds. The summed E-state index contributed by atoms with van der Waals surface area (Å²) in [6.45, 7) is 1.13. The first-order valence-corrected chi connectivity index (χ1v) is 9.44. The summed E-state index contributed by atoms with van der Waals surface area (Å²) in [5, 5.41) is 1.19. The Balaban J connectivity index is 1.39. The smallest absolute Gasteiger partial charge is 0.178 e. The van der Waals surface area contributed by atoms with Crippen LogP contribution >= 0.6 is 0 Å². The fraction of sp³-hybridized carbons (Fsp3) is 0.0870. The molecule has 0 aliphatic carbocycles. The first-order chi connectivity index (χ1) is 14.3. The number of H-pyrrole nitrogens is 1. The topological polar surface area (TPSA) is 72.9 Å². The largest absolute Gasteiger partial charge is 0.486 e. The summed E-state index contributed by atoms with van der Waals surface area (Å²) in [5.74, 6) is 1.49. The van der Waals surface area contributed by atoms with E-state index < -0.39 is 0 Å². The van der Waals surface area contributed by atoms with Gasteiger partial charge in [-0.3, -0.25) is 4.98 Å². The van der Waals surface area contributed by atoms with Crippen LogP contribution in [0.4, 0.5) is 0 Å². The molecule has 6 heteroatoms. The molecule has 0 saturated carbocycles. The molecule has 0 radical (unpaired) electrons. The molecule has 6 rings (SSSR count). The number of pyridine rings is 1. The van der Waals surface area contributed by atoms with Crippen LogP contribution < -0.4 is 9.47 Å². The van der Waals surface area contributed by atoms with Gasteiger partial charge in [0.2, 0.25) is 0 Å². The average Bonchev–Trinajstić information content (AvgIpc) is 3.26. The van der Waals surface area contributed by atoms with Crippen LogP contribution in [0.5, 0.6) is 11.5 Å². The second-order valence-corrected chi connectivity index (χ2v) is 6.96. The maximum atomic E-state index is 5.67. The molecular formula is C23H16N4O2. The first kappa shape index (κ1) is 16.1. The third-order valence-electron chi connectivity index (χ3n) is 5.13. The van der Waals surface area contributed by atoms with Gasteiger partial charge in [0.05, 0.1) is 11.9 Å². The third-order valence-corrected chi connectivity index (χ3v) is 5.13. The van der Waals surface area contributed by atoms with Gasteiger partial charge in [-0.05, 0) is 47.3 Å². The molecule has 1 N–H and O–H groups in total. The number of rotatable bonds is 2. The second-order valence-electron chi connectivity index (χ2n) is 6.96. The van der Waals surface area contributed by atoms with Crippen molar-refractivity contribution in [1.29, 1.82) is 0 Å². The summed E-state index contributed by atoms with van der Waals surface area (Å²) in [7, 11) is 0. The van der Waals surface area contributed by atoms with Crippen molar-refractivity contribution in [2.75, 3.05) is 13.2 Å². The van der Waals surface area contributed by atoms with E-state index in [1.54, 1.807) is 6.20 Å². The van der Waals surface area contributed by atoms with E-state index in [-0.39, 0.29) is 0 Å². The predicted octanol–water partition coefficient (Wildman–Crippen LogP) is 4.61. The summed E-state index contributed by atoms with van der Waals surface area (Å²) in [6, 6.07) is 16.2. The molecule has 6 nitrogen and oxygen atoms in total. The van der Waals surface area contributed by atoms with E-state index in [0.717, 1.165) is 44.9 Å². The highest BCUT2D eigenvalue weighted by atomic mass is 16.6. The average molecular weight is 380 g/mol. The summed E-state index contributed by atoms with van der Waals surface area (Å²) >= 11 is 0. The quantitative estimate of drug-likeness (QED) is 0.484. The molecule has 1 aliphatic rings. The Morgan fingerprint density at radius 3 is 2.62 bits per heavy atom. The van der Waals surface area contributed by atoms with E-state index in [4.69, 9.17) is 14.5 Å². The van der Waals surface area contributed by atoms with Gasteiger partial charge >= 0.3 is 0 Å². The molecule has 5 aromatic rings. The Morgan fingerprint density at radius 2 is 1.66 bits per heavy atom. The van der Waals surface area contributed by atoms with Crippen LogP contribution in [0.3, 0.4) is 0 Å². The van der Waals surface area contributed by atoms with Crippen LogP contribution in [-0.4, -0.2) is 33.1 Å². The summed E-state index contributed by atoms with van der Waals surface area (Å²) in [6.07, 6.45) is 5.56. The number of benzene rings is 2. The fourth-order valence-corrected chi connectivity index (χ4v) is 3.63. The molecule has 2 aromatic carbocycles. The van der Waals surface area contributed by atoms with Crippen LogP contribution in [-0.2, 0) is 0 Å². The van der Waals surface area contributed by atoms with Crippen molar-refractivity contribution in [2.24, 2.45) is 0 Å². The van der Waals surface area contributed by atoms with Gasteiger partial charge in [-0.25, -0.2) is 9.97 Å². The Labute approximate surface area is 166 Å². The van der Waals surface area contributed by atoms with Crippen LogP contribution in [0.15, 0.2) is 67.1 Å². The van der Waals surface area contributed by atoms with Crippen molar-refractivity contribution in [3.8, 4) is 33.9 Å². The molecule has 0 bridgehead atoms. The molecular weight excluding hydrogens is 364 g/mol. The zero-order valence-corrected chi connectivity index (χ0v) is 15.4. The molecule has 0 fully saturated rings. The Hall–Kier alpha value is -3.93. The molecule has 0 saturated heterocycles. The van der Waals surface area contributed by atoms with E-state index in [1.807, 2.05) is 36.7 Å². The molecule has 1 aliphatic heterocycles. The predicted molar refractivity (Wildman–Crippen MR) is 111 cm³/mol. The highest BCUT2D eigenvalue weighted by Crippen LogP contribution is 2.34. The maximum Gasteiger partial charge on any atom is 0.178 e. The van der Waals surface area contributed by atoms with Crippen molar-refractivity contribution in [1.82, 2.24) is 19.9 Å². The number of fused-ring (bicyclic) bond motifs is 3. The lowest BCUT2D eigenvalue weighted by atomic mass is 10.1. The van der Waals surface area contributed by atoms with Crippen LogP contribution in [0.2, 0.25) is 0 Å². The minimum absolute atomic E-state index is 0.554. The number of ether oxygens (including phenoxy) is 2. The number of nitrogens with one attached hydrogen (secondary N) is 1. The van der Waals surface area contributed by atoms with Gasteiger partial charge in [0.15, 0.2) is 17.1 Å². The van der Waals surface area contributed by atoms with E-state index in [0.29, 0.717) is 18.9 Å². The number of hydrogen-bond donors (Lipinski definition) is 1. The summed E-state index contributed by atoms with van der Waals surface area (Å²) in [5.41, 5.74) is 6.25. The highest BCUT2D eigenvalue weighted by molar-refractivity contribution is 5.86. The highest BCUT2D eigenvalue weighted by Gasteiger charge is 2.14. The van der Waals surface area contributed by atoms with Gasteiger partial charge in [0.1, 0.15) is 18.7 Å². The van der Waals surface area contributed by atoms with Crippen LogP contribution in [0.25, 0.3) is 44.5 Å². The maximum absolute atomic E-state index is 5.67. The summed E-state index contributed by atoms with van der Waals surface area (Å²) < 4.78 is 11.3. The molecule has 140 valence electrons. The number of nitrogens with zero attached hydrogens (tertiary/aromatic N) is 3. The number of aromatic nitrogens is 4.